The topological polar surface area (TPSA) is 41.4 Å². The highest BCUT2D eigenvalue weighted by Crippen LogP contribution is 2.47. The van der Waals surface area contributed by atoms with Crippen molar-refractivity contribution in [1.82, 2.24) is 19.6 Å². The minimum absolute atomic E-state index is 0.0279. The van der Waals surface area contributed by atoms with Gasteiger partial charge in [-0.3, -0.25) is 14.4 Å². The number of amides is 1. The molecule has 3 atom stereocenters. The highest BCUT2D eigenvalue weighted by Gasteiger charge is 2.55. The second kappa shape index (κ2) is 6.64. The molecule has 4 saturated heterocycles. The van der Waals surface area contributed by atoms with Crippen LogP contribution in [0.3, 0.4) is 0 Å². The number of likely N-dealkylation sites (tertiary alicyclic amines) is 1. The predicted molar refractivity (Wildman–Crippen MR) is 113 cm³/mol. The van der Waals surface area contributed by atoms with Crippen LogP contribution in [-0.4, -0.2) is 57.2 Å². The molecule has 4 aliphatic heterocycles. The first-order valence-electron chi connectivity index (χ1n) is 10.8. The zero-order valence-electron chi connectivity index (χ0n) is 17.0. The molecule has 1 aromatic heterocycles. The molecule has 5 heterocycles. The van der Waals surface area contributed by atoms with E-state index in [0.29, 0.717) is 24.2 Å². The van der Waals surface area contributed by atoms with Crippen LogP contribution in [0.25, 0.3) is 10.9 Å². The van der Waals surface area contributed by atoms with Crippen molar-refractivity contribution in [2.24, 2.45) is 13.0 Å². The monoisotopic (exact) mass is 404 g/mol. The van der Waals surface area contributed by atoms with Gasteiger partial charge in [0.15, 0.2) is 5.69 Å². The molecule has 4 aliphatic rings. The summed E-state index contributed by atoms with van der Waals surface area (Å²) in [6.45, 7) is 2.86. The maximum atomic E-state index is 13.8. The van der Waals surface area contributed by atoms with Crippen molar-refractivity contribution in [3.8, 4) is 0 Å². The van der Waals surface area contributed by atoms with Gasteiger partial charge in [-0.15, -0.1) is 0 Å². The number of fused-ring (bicyclic) bond motifs is 3. The van der Waals surface area contributed by atoms with Gasteiger partial charge in [0.2, 0.25) is 0 Å². The van der Waals surface area contributed by atoms with Gasteiger partial charge in [0.05, 0.1) is 11.6 Å². The molecule has 4 fully saturated rings. The van der Waals surface area contributed by atoms with Crippen LogP contribution in [0.4, 0.5) is 4.39 Å². The third-order valence-electron chi connectivity index (χ3n) is 7.51. The average molecular weight is 404 g/mol. The lowest BCUT2D eigenvalue weighted by Gasteiger charge is -2.51. The summed E-state index contributed by atoms with van der Waals surface area (Å²) in [5, 5.41) is 5.52. The van der Waals surface area contributed by atoms with E-state index >= 15 is 0 Å². The number of rotatable bonds is 2. The zero-order chi connectivity index (χ0) is 20.4. The summed E-state index contributed by atoms with van der Waals surface area (Å²) in [4.78, 5) is 18.5. The first-order valence-corrected chi connectivity index (χ1v) is 10.8. The number of nitrogens with zero attached hydrogens (tertiary/aromatic N) is 4. The lowest BCUT2D eigenvalue weighted by molar-refractivity contribution is -0.00354. The van der Waals surface area contributed by atoms with Crippen molar-refractivity contribution in [3.63, 3.8) is 0 Å². The Hall–Kier alpha value is -2.73. The third-order valence-corrected chi connectivity index (χ3v) is 7.51. The molecule has 1 amide bonds. The highest BCUT2D eigenvalue weighted by atomic mass is 19.1. The molecule has 30 heavy (non-hydrogen) atoms. The molecule has 3 aromatic rings. The van der Waals surface area contributed by atoms with Crippen LogP contribution in [0.5, 0.6) is 0 Å². The van der Waals surface area contributed by atoms with Crippen molar-refractivity contribution in [1.29, 1.82) is 0 Å². The lowest BCUT2D eigenvalue weighted by atomic mass is 9.75. The van der Waals surface area contributed by atoms with Gasteiger partial charge in [-0.2, -0.15) is 5.10 Å². The predicted octanol–water partition coefficient (Wildman–Crippen LogP) is 3.41. The fourth-order valence-corrected chi connectivity index (χ4v) is 6.17. The maximum absolute atomic E-state index is 13.8. The molecular formula is C24H25FN4O. The van der Waals surface area contributed by atoms with Gasteiger partial charge in [-0.05, 0) is 55.6 Å². The standard InChI is InChI=1S/C24H25FN4O/c1-27-20-5-3-2-4-18(20)21(26-27)24(30)29-14-19(15-6-8-17(25)9-7-15)23-22(29)16-10-12-28(23)13-11-16/h2-9,16,19,22-23H,10-14H2,1H3/t19-,22+,23+/m1/s1. The maximum Gasteiger partial charge on any atom is 0.275 e. The van der Waals surface area contributed by atoms with Gasteiger partial charge in [-0.1, -0.05) is 30.3 Å². The Bertz CT molecular complexity index is 1120. The number of para-hydroxylation sites is 1. The summed E-state index contributed by atoms with van der Waals surface area (Å²) in [6.07, 6.45) is 2.29. The lowest BCUT2D eigenvalue weighted by Crippen LogP contribution is -2.60. The fraction of sp³-hybridized carbons (Fsp3) is 0.417. The summed E-state index contributed by atoms with van der Waals surface area (Å²) in [7, 11) is 1.89. The smallest absolute Gasteiger partial charge is 0.275 e. The molecule has 7 rings (SSSR count). The molecule has 6 heteroatoms. The van der Waals surface area contributed by atoms with Crippen LogP contribution >= 0.6 is 0 Å². The number of carbonyl (C=O) groups is 1. The molecule has 2 aromatic carbocycles. The zero-order valence-corrected chi connectivity index (χ0v) is 17.0. The van der Waals surface area contributed by atoms with Gasteiger partial charge in [-0.25, -0.2) is 4.39 Å². The van der Waals surface area contributed by atoms with Crippen LogP contribution in [0, 0.1) is 11.7 Å². The van der Waals surface area contributed by atoms with E-state index in [0.717, 1.165) is 42.4 Å². The number of aromatic nitrogens is 2. The largest absolute Gasteiger partial charge is 0.332 e. The van der Waals surface area contributed by atoms with Gasteiger partial charge >= 0.3 is 0 Å². The summed E-state index contributed by atoms with van der Waals surface area (Å²) in [5.41, 5.74) is 2.64. The van der Waals surface area contributed by atoms with Crippen LogP contribution < -0.4 is 0 Å². The van der Waals surface area contributed by atoms with E-state index < -0.39 is 0 Å². The quantitative estimate of drug-likeness (QED) is 0.657. The highest BCUT2D eigenvalue weighted by molar-refractivity contribution is 6.05. The molecule has 2 bridgehead atoms. The summed E-state index contributed by atoms with van der Waals surface area (Å²) >= 11 is 0. The number of hydrogen-bond acceptors (Lipinski definition) is 3. The summed E-state index contributed by atoms with van der Waals surface area (Å²) in [5.74, 6) is 0.550. The van der Waals surface area contributed by atoms with Crippen LogP contribution in [0.15, 0.2) is 48.5 Å². The molecule has 154 valence electrons. The van der Waals surface area contributed by atoms with Crippen molar-refractivity contribution in [2.75, 3.05) is 19.6 Å². The SMILES string of the molecule is Cn1nc(C(=O)N2C[C@H](c3ccc(F)cc3)[C@H]3[C@@H]2C2CCN3CC2)c2ccccc21. The van der Waals surface area contributed by atoms with Gasteiger partial charge in [0.25, 0.3) is 5.91 Å². The summed E-state index contributed by atoms with van der Waals surface area (Å²) in [6, 6.07) is 15.3. The molecule has 0 unspecified atom stereocenters. The third kappa shape index (κ3) is 2.56. The van der Waals surface area contributed by atoms with E-state index in [1.165, 1.54) is 12.1 Å². The number of carbonyl (C=O) groups excluding carboxylic acids is 1. The second-order valence-corrected chi connectivity index (χ2v) is 8.96. The Morgan fingerprint density at radius 3 is 2.53 bits per heavy atom. The fourth-order valence-electron chi connectivity index (χ4n) is 6.17. The van der Waals surface area contributed by atoms with Crippen molar-refractivity contribution in [2.45, 2.75) is 30.8 Å². The number of benzene rings is 2. The number of hydrogen-bond donors (Lipinski definition) is 0. The van der Waals surface area contributed by atoms with Gasteiger partial charge in [0, 0.05) is 30.9 Å². The Kier molecular flexibility index (Phi) is 4.00. The Balaban J connectivity index is 1.42. The molecule has 0 N–H and O–H groups in total. The van der Waals surface area contributed by atoms with Gasteiger partial charge < -0.3 is 4.90 Å². The molecule has 5 nitrogen and oxygen atoms in total. The van der Waals surface area contributed by atoms with E-state index in [1.807, 2.05) is 43.4 Å². The minimum Gasteiger partial charge on any atom is -0.332 e. The molecule has 0 spiro atoms. The first-order chi connectivity index (χ1) is 14.6. The van der Waals surface area contributed by atoms with Crippen molar-refractivity contribution in [3.05, 3.63) is 65.6 Å². The molecule has 0 radical (unpaired) electrons. The van der Waals surface area contributed by atoms with E-state index in [-0.39, 0.29) is 23.7 Å². The van der Waals surface area contributed by atoms with E-state index in [2.05, 4.69) is 14.9 Å². The van der Waals surface area contributed by atoms with Crippen LogP contribution in [0.2, 0.25) is 0 Å². The Morgan fingerprint density at radius 1 is 1.03 bits per heavy atom. The molecular weight excluding hydrogens is 379 g/mol. The number of halogens is 1. The van der Waals surface area contributed by atoms with Crippen molar-refractivity contribution < 1.29 is 9.18 Å². The second-order valence-electron chi connectivity index (χ2n) is 8.96. The first kappa shape index (κ1) is 18.1. The van der Waals surface area contributed by atoms with E-state index in [4.69, 9.17) is 0 Å². The Morgan fingerprint density at radius 2 is 1.77 bits per heavy atom. The van der Waals surface area contributed by atoms with Crippen LogP contribution in [-0.2, 0) is 7.05 Å². The number of aryl methyl sites for hydroxylation is 1. The number of piperidine rings is 3. The summed E-state index contributed by atoms with van der Waals surface area (Å²) < 4.78 is 15.3. The normalized spacial score (nSPS) is 30.1. The van der Waals surface area contributed by atoms with E-state index in [9.17, 15) is 9.18 Å². The van der Waals surface area contributed by atoms with Gasteiger partial charge in [0.1, 0.15) is 5.82 Å². The minimum atomic E-state index is -0.216. The average Bonchev–Trinajstić information content (AvgIpc) is 3.36. The van der Waals surface area contributed by atoms with E-state index in [1.54, 1.807) is 4.68 Å². The molecule has 0 aliphatic carbocycles. The Labute approximate surface area is 175 Å². The molecule has 0 saturated carbocycles. The van der Waals surface area contributed by atoms with Crippen molar-refractivity contribution >= 4 is 16.8 Å². The van der Waals surface area contributed by atoms with Crippen LogP contribution in [0.1, 0.15) is 34.8 Å².